The molecule has 2 heterocycles. The van der Waals surface area contributed by atoms with Crippen molar-refractivity contribution in [1.29, 1.82) is 0 Å². The van der Waals surface area contributed by atoms with E-state index in [1.807, 2.05) is 30.3 Å². The Morgan fingerprint density at radius 3 is 2.72 bits per heavy atom. The Labute approximate surface area is 107 Å². The molecule has 0 saturated heterocycles. The van der Waals surface area contributed by atoms with Crippen LogP contribution in [0.1, 0.15) is 10.4 Å². The monoisotopic (exact) mass is 255 g/mol. The molecule has 0 unspecified atom stereocenters. The summed E-state index contributed by atoms with van der Waals surface area (Å²) < 4.78 is 0.738. The molecule has 0 radical (unpaired) electrons. The Bertz CT molecular complexity index is 721. The lowest BCUT2D eigenvalue weighted by Gasteiger charge is -2.03. The third-order valence-electron chi connectivity index (χ3n) is 2.64. The standard InChI is InChI=1S/C13H9N3OS/c14-12(17)9-6-10(8-4-2-1-3-5-8)16-13-11(9)18-7-15-13/h1-7H,(H2,14,17). The van der Waals surface area contributed by atoms with Crippen LogP contribution in [0, 0.1) is 0 Å². The number of primary amides is 1. The molecule has 18 heavy (non-hydrogen) atoms. The van der Waals surface area contributed by atoms with Gasteiger partial charge < -0.3 is 5.73 Å². The van der Waals surface area contributed by atoms with Crippen molar-refractivity contribution in [2.75, 3.05) is 0 Å². The molecule has 2 aromatic heterocycles. The van der Waals surface area contributed by atoms with Gasteiger partial charge in [0.15, 0.2) is 5.65 Å². The average Bonchev–Trinajstić information content (AvgIpc) is 2.86. The summed E-state index contributed by atoms with van der Waals surface area (Å²) in [5, 5.41) is 0. The topological polar surface area (TPSA) is 68.9 Å². The predicted molar refractivity (Wildman–Crippen MR) is 71.4 cm³/mol. The number of aromatic nitrogens is 2. The van der Waals surface area contributed by atoms with E-state index in [4.69, 9.17) is 5.73 Å². The van der Waals surface area contributed by atoms with Crippen molar-refractivity contribution in [2.24, 2.45) is 5.73 Å². The number of carbonyl (C=O) groups excluding carboxylic acids is 1. The van der Waals surface area contributed by atoms with E-state index in [0.29, 0.717) is 16.9 Å². The molecule has 0 bridgehead atoms. The first kappa shape index (κ1) is 10.9. The summed E-state index contributed by atoms with van der Waals surface area (Å²) in [6.45, 7) is 0. The maximum absolute atomic E-state index is 11.5. The highest BCUT2D eigenvalue weighted by atomic mass is 32.1. The summed E-state index contributed by atoms with van der Waals surface area (Å²) >= 11 is 1.37. The minimum Gasteiger partial charge on any atom is -0.366 e. The second kappa shape index (κ2) is 4.19. The largest absolute Gasteiger partial charge is 0.366 e. The van der Waals surface area contributed by atoms with Gasteiger partial charge in [-0.1, -0.05) is 30.3 Å². The molecular formula is C13H9N3OS. The number of thiazole rings is 1. The third-order valence-corrected chi connectivity index (χ3v) is 3.48. The number of fused-ring (bicyclic) bond motifs is 1. The molecule has 0 aliphatic heterocycles. The highest BCUT2D eigenvalue weighted by molar-refractivity contribution is 7.17. The Morgan fingerprint density at radius 2 is 2.00 bits per heavy atom. The molecule has 0 aliphatic rings. The van der Waals surface area contributed by atoms with Gasteiger partial charge >= 0.3 is 0 Å². The molecule has 1 amide bonds. The normalized spacial score (nSPS) is 10.7. The van der Waals surface area contributed by atoms with Crippen LogP contribution in [0.2, 0.25) is 0 Å². The van der Waals surface area contributed by atoms with Crippen molar-refractivity contribution >= 4 is 27.6 Å². The molecular weight excluding hydrogens is 246 g/mol. The van der Waals surface area contributed by atoms with Crippen molar-refractivity contribution in [3.63, 3.8) is 0 Å². The molecule has 3 rings (SSSR count). The Morgan fingerprint density at radius 1 is 1.22 bits per heavy atom. The van der Waals surface area contributed by atoms with E-state index in [1.165, 1.54) is 11.3 Å². The highest BCUT2D eigenvalue weighted by Gasteiger charge is 2.13. The summed E-state index contributed by atoms with van der Waals surface area (Å²) in [5.74, 6) is -0.455. The molecule has 0 aliphatic carbocycles. The predicted octanol–water partition coefficient (Wildman–Crippen LogP) is 2.46. The van der Waals surface area contributed by atoms with Crippen LogP contribution < -0.4 is 5.73 Å². The van der Waals surface area contributed by atoms with E-state index < -0.39 is 5.91 Å². The van der Waals surface area contributed by atoms with Crippen LogP contribution in [0.5, 0.6) is 0 Å². The maximum atomic E-state index is 11.5. The van der Waals surface area contributed by atoms with Crippen molar-refractivity contribution < 1.29 is 4.79 Å². The SMILES string of the molecule is NC(=O)c1cc(-c2ccccc2)nc2ncsc12. The zero-order valence-corrected chi connectivity index (χ0v) is 10.1. The van der Waals surface area contributed by atoms with Crippen LogP contribution in [0.15, 0.2) is 41.9 Å². The number of amides is 1. The Kier molecular flexibility index (Phi) is 2.53. The number of pyridine rings is 1. The van der Waals surface area contributed by atoms with E-state index in [2.05, 4.69) is 9.97 Å². The second-order valence-electron chi connectivity index (χ2n) is 3.79. The van der Waals surface area contributed by atoms with Gasteiger partial charge in [-0.3, -0.25) is 4.79 Å². The molecule has 0 atom stereocenters. The van der Waals surface area contributed by atoms with Gasteiger partial charge in [-0.2, -0.15) is 0 Å². The first-order valence-electron chi connectivity index (χ1n) is 5.35. The third kappa shape index (κ3) is 1.74. The number of benzene rings is 1. The van der Waals surface area contributed by atoms with Gasteiger partial charge in [-0.25, -0.2) is 9.97 Å². The van der Waals surface area contributed by atoms with Crippen molar-refractivity contribution in [1.82, 2.24) is 9.97 Å². The van der Waals surface area contributed by atoms with Gasteiger partial charge in [-0.05, 0) is 6.07 Å². The fourth-order valence-electron chi connectivity index (χ4n) is 1.79. The first-order valence-corrected chi connectivity index (χ1v) is 6.23. The minimum atomic E-state index is -0.455. The smallest absolute Gasteiger partial charge is 0.250 e. The zero-order chi connectivity index (χ0) is 12.5. The van der Waals surface area contributed by atoms with E-state index in [0.717, 1.165) is 10.3 Å². The summed E-state index contributed by atoms with van der Waals surface area (Å²) in [5.41, 5.74) is 9.75. The van der Waals surface area contributed by atoms with Crippen molar-refractivity contribution in [2.45, 2.75) is 0 Å². The van der Waals surface area contributed by atoms with Gasteiger partial charge in [-0.15, -0.1) is 11.3 Å². The number of rotatable bonds is 2. The molecule has 2 N–H and O–H groups in total. The summed E-state index contributed by atoms with van der Waals surface area (Å²) in [7, 11) is 0. The van der Waals surface area contributed by atoms with Crippen LogP contribution in [-0.2, 0) is 0 Å². The van der Waals surface area contributed by atoms with Gasteiger partial charge in [0.2, 0.25) is 5.91 Å². The van der Waals surface area contributed by atoms with Gasteiger partial charge in [0.1, 0.15) is 0 Å². The van der Waals surface area contributed by atoms with Gasteiger partial charge in [0.25, 0.3) is 0 Å². The van der Waals surface area contributed by atoms with Crippen LogP contribution >= 0.6 is 11.3 Å². The molecule has 5 heteroatoms. The Hall–Kier alpha value is -2.27. The van der Waals surface area contributed by atoms with Crippen LogP contribution in [0.25, 0.3) is 21.6 Å². The summed E-state index contributed by atoms with van der Waals surface area (Å²) in [6.07, 6.45) is 0. The van der Waals surface area contributed by atoms with Crippen molar-refractivity contribution in [3.05, 3.63) is 47.5 Å². The minimum absolute atomic E-state index is 0.455. The first-order chi connectivity index (χ1) is 8.75. The molecule has 88 valence electrons. The van der Waals surface area contributed by atoms with E-state index in [-0.39, 0.29) is 0 Å². The molecule has 3 aromatic rings. The fourth-order valence-corrected chi connectivity index (χ4v) is 2.54. The molecule has 1 aromatic carbocycles. The maximum Gasteiger partial charge on any atom is 0.250 e. The second-order valence-corrected chi connectivity index (χ2v) is 4.65. The van der Waals surface area contributed by atoms with Crippen LogP contribution in [0.3, 0.4) is 0 Å². The van der Waals surface area contributed by atoms with Gasteiger partial charge in [0, 0.05) is 5.56 Å². The molecule has 4 nitrogen and oxygen atoms in total. The summed E-state index contributed by atoms with van der Waals surface area (Å²) in [6, 6.07) is 11.4. The number of nitrogens with zero attached hydrogens (tertiary/aromatic N) is 2. The lowest BCUT2D eigenvalue weighted by atomic mass is 10.1. The lowest BCUT2D eigenvalue weighted by Crippen LogP contribution is -2.11. The highest BCUT2D eigenvalue weighted by Crippen LogP contribution is 2.26. The zero-order valence-electron chi connectivity index (χ0n) is 9.33. The van der Waals surface area contributed by atoms with Crippen LogP contribution in [0.4, 0.5) is 0 Å². The number of carbonyl (C=O) groups is 1. The summed E-state index contributed by atoms with van der Waals surface area (Å²) in [4.78, 5) is 20.1. The quantitative estimate of drug-likeness (QED) is 0.764. The number of hydrogen-bond donors (Lipinski definition) is 1. The lowest BCUT2D eigenvalue weighted by molar-refractivity contribution is 0.100. The number of nitrogens with two attached hydrogens (primary N) is 1. The molecule has 0 fully saturated rings. The average molecular weight is 255 g/mol. The van der Waals surface area contributed by atoms with Crippen LogP contribution in [-0.4, -0.2) is 15.9 Å². The van der Waals surface area contributed by atoms with Crippen molar-refractivity contribution in [3.8, 4) is 11.3 Å². The number of hydrogen-bond acceptors (Lipinski definition) is 4. The van der Waals surface area contributed by atoms with E-state index in [9.17, 15) is 4.79 Å². The molecule has 0 saturated carbocycles. The molecule has 0 spiro atoms. The fraction of sp³-hybridized carbons (Fsp3) is 0. The van der Waals surface area contributed by atoms with Gasteiger partial charge in [0.05, 0.1) is 21.5 Å². The van der Waals surface area contributed by atoms with E-state index in [1.54, 1.807) is 11.6 Å². The van der Waals surface area contributed by atoms with E-state index >= 15 is 0 Å². The Balaban J connectivity index is 2.29.